The highest BCUT2D eigenvalue weighted by Crippen LogP contribution is 2.31. The minimum Gasteiger partial charge on any atom is -0.394 e. The second-order valence-electron chi connectivity index (χ2n) is 4.92. The van der Waals surface area contributed by atoms with Crippen LogP contribution < -0.4 is 16.3 Å². The molecule has 1 aromatic heterocycles. The van der Waals surface area contributed by atoms with Gasteiger partial charge in [0.2, 0.25) is 0 Å². The minimum atomic E-state index is -1.32. The molecule has 3 rings (SSSR count). The molecule has 4 atom stereocenters. The normalized spacial score (nSPS) is 32.6. The quantitative estimate of drug-likeness (QED) is 0.439. The third-order valence-electron chi connectivity index (χ3n) is 3.54. The molecular weight excluding hydrogens is 268 g/mol. The van der Waals surface area contributed by atoms with Crippen molar-refractivity contribution in [3.05, 3.63) is 16.7 Å². The SMILES string of the molecule is Nc1nc(=O)n([C@@H]2O[C@H](CO)C(O)C2O)cc1N1CC1. The van der Waals surface area contributed by atoms with Gasteiger partial charge in [-0.2, -0.15) is 4.98 Å². The van der Waals surface area contributed by atoms with E-state index < -0.39 is 36.8 Å². The van der Waals surface area contributed by atoms with Gasteiger partial charge in [0, 0.05) is 19.3 Å². The summed E-state index contributed by atoms with van der Waals surface area (Å²) in [6, 6.07) is 0. The second-order valence-corrected chi connectivity index (χ2v) is 4.92. The van der Waals surface area contributed by atoms with Crippen LogP contribution in [0.25, 0.3) is 0 Å². The van der Waals surface area contributed by atoms with Crippen molar-refractivity contribution in [2.45, 2.75) is 24.5 Å². The summed E-state index contributed by atoms with van der Waals surface area (Å²) in [6.45, 7) is 1.19. The number of aliphatic hydroxyl groups excluding tert-OH is 3. The van der Waals surface area contributed by atoms with Crippen molar-refractivity contribution in [1.82, 2.24) is 9.55 Å². The van der Waals surface area contributed by atoms with E-state index in [4.69, 9.17) is 15.6 Å². The van der Waals surface area contributed by atoms with Crippen LogP contribution in [0.5, 0.6) is 0 Å². The maximum atomic E-state index is 11.9. The van der Waals surface area contributed by atoms with Gasteiger partial charge in [-0.05, 0) is 0 Å². The molecule has 0 saturated carbocycles. The molecule has 0 amide bonds. The van der Waals surface area contributed by atoms with Gasteiger partial charge in [-0.3, -0.25) is 4.57 Å². The minimum absolute atomic E-state index is 0.121. The number of hydrogen-bond acceptors (Lipinski definition) is 8. The van der Waals surface area contributed by atoms with Crippen LogP contribution in [0.15, 0.2) is 11.0 Å². The first kappa shape index (κ1) is 13.3. The zero-order valence-electron chi connectivity index (χ0n) is 10.6. The highest BCUT2D eigenvalue weighted by molar-refractivity contribution is 5.64. The zero-order valence-corrected chi connectivity index (χ0v) is 10.6. The number of rotatable bonds is 3. The van der Waals surface area contributed by atoms with E-state index in [1.807, 2.05) is 4.90 Å². The van der Waals surface area contributed by atoms with Gasteiger partial charge in [0.05, 0.1) is 12.3 Å². The third-order valence-corrected chi connectivity index (χ3v) is 3.54. The summed E-state index contributed by atoms with van der Waals surface area (Å²) < 4.78 is 6.40. The Hall–Kier alpha value is -1.68. The van der Waals surface area contributed by atoms with E-state index in [0.29, 0.717) is 5.69 Å². The molecule has 2 fully saturated rings. The van der Waals surface area contributed by atoms with E-state index in [1.165, 1.54) is 6.20 Å². The van der Waals surface area contributed by atoms with Gasteiger partial charge in [-0.1, -0.05) is 0 Å². The zero-order chi connectivity index (χ0) is 14.4. The van der Waals surface area contributed by atoms with Gasteiger partial charge in [-0.15, -0.1) is 0 Å². The predicted molar refractivity (Wildman–Crippen MR) is 68.1 cm³/mol. The fourth-order valence-electron chi connectivity index (χ4n) is 2.30. The van der Waals surface area contributed by atoms with Crippen LogP contribution in [0.2, 0.25) is 0 Å². The number of nitrogen functional groups attached to an aromatic ring is 1. The molecule has 1 aromatic rings. The van der Waals surface area contributed by atoms with Crippen molar-refractivity contribution in [3.8, 4) is 0 Å². The van der Waals surface area contributed by atoms with E-state index >= 15 is 0 Å². The molecule has 9 nitrogen and oxygen atoms in total. The first-order valence-electron chi connectivity index (χ1n) is 6.29. The van der Waals surface area contributed by atoms with E-state index in [2.05, 4.69) is 4.98 Å². The first-order valence-corrected chi connectivity index (χ1v) is 6.29. The van der Waals surface area contributed by atoms with Gasteiger partial charge in [-0.25, -0.2) is 4.79 Å². The first-order chi connectivity index (χ1) is 9.52. The topological polar surface area (TPSA) is 134 Å². The summed E-state index contributed by atoms with van der Waals surface area (Å²) in [5, 5.41) is 28.7. The molecule has 0 aromatic carbocycles. The molecule has 2 aliphatic heterocycles. The molecule has 0 spiro atoms. The Bertz CT molecular complexity index is 572. The van der Waals surface area contributed by atoms with E-state index in [9.17, 15) is 15.0 Å². The number of aliphatic hydroxyl groups is 3. The average molecular weight is 284 g/mol. The molecule has 2 aliphatic rings. The molecule has 2 saturated heterocycles. The lowest BCUT2D eigenvalue weighted by Gasteiger charge is -2.18. The monoisotopic (exact) mass is 284 g/mol. The molecule has 0 radical (unpaired) electrons. The van der Waals surface area contributed by atoms with Crippen LogP contribution in [0.1, 0.15) is 6.23 Å². The molecule has 0 bridgehead atoms. The summed E-state index contributed by atoms with van der Waals surface area (Å²) >= 11 is 0. The molecule has 110 valence electrons. The third kappa shape index (κ3) is 2.04. The fourth-order valence-corrected chi connectivity index (χ4v) is 2.30. The lowest BCUT2D eigenvalue weighted by Crippen LogP contribution is -2.36. The van der Waals surface area contributed by atoms with Crippen LogP contribution in [-0.4, -0.2) is 62.9 Å². The van der Waals surface area contributed by atoms with Crippen molar-refractivity contribution >= 4 is 11.5 Å². The number of hydrogen-bond donors (Lipinski definition) is 4. The molecule has 0 aliphatic carbocycles. The van der Waals surface area contributed by atoms with Crippen LogP contribution >= 0.6 is 0 Å². The Morgan fingerprint density at radius 2 is 2.10 bits per heavy atom. The van der Waals surface area contributed by atoms with Crippen molar-refractivity contribution in [1.29, 1.82) is 0 Å². The van der Waals surface area contributed by atoms with Gasteiger partial charge in [0.1, 0.15) is 18.3 Å². The summed E-state index contributed by atoms with van der Waals surface area (Å²) in [6.07, 6.45) is -3.17. The van der Waals surface area contributed by atoms with Crippen molar-refractivity contribution in [2.75, 3.05) is 30.3 Å². The van der Waals surface area contributed by atoms with E-state index in [-0.39, 0.29) is 5.82 Å². The van der Waals surface area contributed by atoms with Gasteiger partial charge < -0.3 is 30.7 Å². The highest BCUT2D eigenvalue weighted by atomic mass is 16.6. The maximum absolute atomic E-state index is 11.9. The van der Waals surface area contributed by atoms with Gasteiger partial charge in [0.15, 0.2) is 12.0 Å². The largest absolute Gasteiger partial charge is 0.394 e. The van der Waals surface area contributed by atoms with E-state index in [0.717, 1.165) is 17.7 Å². The maximum Gasteiger partial charge on any atom is 0.351 e. The Kier molecular flexibility index (Phi) is 3.13. The smallest absolute Gasteiger partial charge is 0.351 e. The van der Waals surface area contributed by atoms with Crippen LogP contribution in [0.3, 0.4) is 0 Å². The van der Waals surface area contributed by atoms with Gasteiger partial charge in [0.25, 0.3) is 0 Å². The molecular formula is C11H16N4O5. The molecule has 2 unspecified atom stereocenters. The van der Waals surface area contributed by atoms with Gasteiger partial charge >= 0.3 is 5.69 Å². The van der Waals surface area contributed by atoms with Crippen molar-refractivity contribution < 1.29 is 20.1 Å². The van der Waals surface area contributed by atoms with Crippen LogP contribution in [-0.2, 0) is 4.74 Å². The fraction of sp³-hybridized carbons (Fsp3) is 0.636. The second kappa shape index (κ2) is 4.70. The van der Waals surface area contributed by atoms with E-state index in [1.54, 1.807) is 0 Å². The predicted octanol–water partition coefficient (Wildman–Crippen LogP) is -2.74. The average Bonchev–Trinajstić information content (AvgIpc) is 3.20. The van der Waals surface area contributed by atoms with Crippen LogP contribution in [0, 0.1) is 0 Å². The molecule has 5 N–H and O–H groups in total. The number of aromatic nitrogens is 2. The summed E-state index contributed by atoms with van der Waals surface area (Å²) in [7, 11) is 0. The number of nitrogens with two attached hydrogens (primary N) is 1. The summed E-state index contributed by atoms with van der Waals surface area (Å²) in [4.78, 5) is 17.5. The Morgan fingerprint density at radius 3 is 2.65 bits per heavy atom. The van der Waals surface area contributed by atoms with Crippen molar-refractivity contribution in [2.24, 2.45) is 0 Å². The number of ether oxygens (including phenoxy) is 1. The summed E-state index contributed by atoms with van der Waals surface area (Å²) in [5.41, 5.74) is 5.59. The Balaban J connectivity index is 1.98. The van der Waals surface area contributed by atoms with Crippen LogP contribution in [0.4, 0.5) is 11.5 Å². The summed E-state index contributed by atoms with van der Waals surface area (Å²) in [5.74, 6) is 0.121. The molecule has 9 heteroatoms. The Labute approximate surface area is 113 Å². The number of anilines is 2. The number of nitrogens with zero attached hydrogens (tertiary/aromatic N) is 3. The van der Waals surface area contributed by atoms with Crippen molar-refractivity contribution in [3.63, 3.8) is 0 Å². The lowest BCUT2D eigenvalue weighted by molar-refractivity contribution is -0.0548. The highest BCUT2D eigenvalue weighted by Gasteiger charge is 2.44. The Morgan fingerprint density at radius 1 is 1.40 bits per heavy atom. The molecule has 3 heterocycles. The standard InChI is InChI=1S/C11H16N4O5/c12-9-5(14-1-2-14)3-15(11(19)13-9)10-8(18)7(17)6(4-16)20-10/h3,6-8,10,16-18H,1-2,4H2,(H2,12,13,19)/t6-,7?,8?,10-/m1/s1. The molecule has 20 heavy (non-hydrogen) atoms. The lowest BCUT2D eigenvalue weighted by atomic mass is 10.1.